The van der Waals surface area contributed by atoms with E-state index in [-0.39, 0.29) is 5.41 Å². The van der Waals surface area contributed by atoms with E-state index in [2.05, 4.69) is 4.74 Å². The molecule has 0 amide bonds. The SMILES string of the molecule is COc1ccc(C(Cl)OC(=O)O)cc1C(C)(C)C. The van der Waals surface area contributed by atoms with Gasteiger partial charge in [0.2, 0.25) is 5.56 Å². The maximum absolute atomic E-state index is 10.5. The van der Waals surface area contributed by atoms with E-state index >= 15 is 0 Å². The van der Waals surface area contributed by atoms with E-state index in [1.165, 1.54) is 0 Å². The van der Waals surface area contributed by atoms with Crippen molar-refractivity contribution in [1.29, 1.82) is 0 Å². The maximum Gasteiger partial charge on any atom is 0.507 e. The second kappa shape index (κ2) is 5.48. The first kappa shape index (κ1) is 14.6. The molecular weight excluding hydrogens is 256 g/mol. The fourth-order valence-corrected chi connectivity index (χ4v) is 1.82. The molecule has 1 atom stereocenters. The Morgan fingerprint density at radius 1 is 1.39 bits per heavy atom. The molecule has 0 aromatic heterocycles. The van der Waals surface area contributed by atoms with Gasteiger partial charge in [0.25, 0.3) is 0 Å². The summed E-state index contributed by atoms with van der Waals surface area (Å²) in [6.07, 6.45) is -1.40. The van der Waals surface area contributed by atoms with Gasteiger partial charge in [-0.25, -0.2) is 4.79 Å². The lowest BCUT2D eigenvalue weighted by Gasteiger charge is -2.23. The van der Waals surface area contributed by atoms with Crippen LogP contribution < -0.4 is 4.74 Å². The van der Waals surface area contributed by atoms with Crippen LogP contribution in [0.4, 0.5) is 4.79 Å². The summed E-state index contributed by atoms with van der Waals surface area (Å²) in [5.41, 5.74) is 0.378. The van der Waals surface area contributed by atoms with Crippen LogP contribution in [0, 0.1) is 0 Å². The summed E-state index contributed by atoms with van der Waals surface area (Å²) in [7, 11) is 1.59. The van der Waals surface area contributed by atoms with E-state index < -0.39 is 11.7 Å². The van der Waals surface area contributed by atoms with Crippen LogP contribution in [0.5, 0.6) is 5.75 Å². The number of methoxy groups -OCH3 is 1. The third-order valence-corrected chi connectivity index (χ3v) is 2.84. The van der Waals surface area contributed by atoms with Crippen molar-refractivity contribution in [2.24, 2.45) is 0 Å². The predicted molar refractivity (Wildman–Crippen MR) is 69.4 cm³/mol. The van der Waals surface area contributed by atoms with Gasteiger partial charge in [0, 0.05) is 5.56 Å². The van der Waals surface area contributed by atoms with E-state index in [0.29, 0.717) is 5.56 Å². The molecule has 0 spiro atoms. The number of carboxylic acid groups (broad SMARTS) is 1. The molecule has 0 saturated carbocycles. The molecule has 0 bridgehead atoms. The topological polar surface area (TPSA) is 55.8 Å². The van der Waals surface area contributed by atoms with Gasteiger partial charge in [-0.2, -0.15) is 0 Å². The highest BCUT2D eigenvalue weighted by Gasteiger charge is 2.22. The van der Waals surface area contributed by atoms with Crippen molar-refractivity contribution in [3.8, 4) is 5.75 Å². The minimum absolute atomic E-state index is 0.138. The van der Waals surface area contributed by atoms with Gasteiger partial charge in [-0.15, -0.1) is 0 Å². The molecule has 1 aromatic carbocycles. The van der Waals surface area contributed by atoms with Crippen LogP contribution in [0.3, 0.4) is 0 Å². The normalized spacial score (nSPS) is 12.9. The molecule has 18 heavy (non-hydrogen) atoms. The summed E-state index contributed by atoms with van der Waals surface area (Å²) in [6.45, 7) is 6.11. The van der Waals surface area contributed by atoms with Crippen molar-refractivity contribution >= 4 is 17.8 Å². The van der Waals surface area contributed by atoms with Gasteiger partial charge < -0.3 is 14.6 Å². The van der Waals surface area contributed by atoms with Crippen molar-refractivity contribution in [3.63, 3.8) is 0 Å². The maximum atomic E-state index is 10.5. The zero-order valence-corrected chi connectivity index (χ0v) is 11.6. The first-order chi connectivity index (χ1) is 8.25. The number of ether oxygens (including phenoxy) is 2. The van der Waals surface area contributed by atoms with Crippen LogP contribution >= 0.6 is 11.6 Å². The van der Waals surface area contributed by atoms with Gasteiger partial charge in [0.1, 0.15) is 5.75 Å². The quantitative estimate of drug-likeness (QED) is 0.669. The predicted octanol–water partition coefficient (Wildman–Crippen LogP) is 3.92. The highest BCUT2D eigenvalue weighted by molar-refractivity contribution is 6.20. The minimum Gasteiger partial charge on any atom is -0.496 e. The molecule has 100 valence electrons. The van der Waals surface area contributed by atoms with E-state index in [0.717, 1.165) is 11.3 Å². The Balaban J connectivity index is 3.14. The monoisotopic (exact) mass is 272 g/mol. The molecule has 0 aliphatic heterocycles. The summed E-state index contributed by atoms with van der Waals surface area (Å²) in [4.78, 5) is 10.5. The number of hydrogen-bond acceptors (Lipinski definition) is 3. The molecule has 0 saturated heterocycles. The molecule has 0 radical (unpaired) electrons. The summed E-state index contributed by atoms with van der Waals surface area (Å²) in [5, 5.41) is 8.54. The van der Waals surface area contributed by atoms with Crippen LogP contribution in [0.1, 0.15) is 37.5 Å². The first-order valence-electron chi connectivity index (χ1n) is 5.47. The Hall–Kier alpha value is -1.42. The fraction of sp³-hybridized carbons (Fsp3) is 0.462. The number of rotatable bonds is 3. The summed E-state index contributed by atoms with van der Waals surface area (Å²) in [6, 6.07) is 5.25. The highest BCUT2D eigenvalue weighted by atomic mass is 35.5. The number of alkyl halides is 1. The Bertz CT molecular complexity index is 437. The van der Waals surface area contributed by atoms with E-state index in [4.69, 9.17) is 21.4 Å². The van der Waals surface area contributed by atoms with Crippen molar-refractivity contribution in [3.05, 3.63) is 29.3 Å². The third kappa shape index (κ3) is 3.53. The van der Waals surface area contributed by atoms with Crippen LogP contribution in [-0.4, -0.2) is 18.4 Å². The molecule has 4 nitrogen and oxygen atoms in total. The standard InChI is InChI=1S/C13H17ClO4/c1-13(2,3)9-7-8(5-6-10(9)17-4)11(14)18-12(15)16/h5-7,11H,1-4H3,(H,15,16). The second-order valence-corrected chi connectivity index (χ2v) is 5.31. The largest absolute Gasteiger partial charge is 0.507 e. The number of carbonyl (C=O) groups is 1. The Morgan fingerprint density at radius 3 is 2.44 bits per heavy atom. The van der Waals surface area contributed by atoms with E-state index in [1.807, 2.05) is 20.8 Å². The number of benzene rings is 1. The first-order valence-corrected chi connectivity index (χ1v) is 5.91. The average molecular weight is 273 g/mol. The van der Waals surface area contributed by atoms with Crippen molar-refractivity contribution in [2.75, 3.05) is 7.11 Å². The van der Waals surface area contributed by atoms with Crippen LogP contribution in [0.2, 0.25) is 0 Å². The molecule has 1 aromatic rings. The zero-order chi connectivity index (χ0) is 13.9. The van der Waals surface area contributed by atoms with Crippen molar-refractivity contribution in [1.82, 2.24) is 0 Å². The third-order valence-electron chi connectivity index (χ3n) is 2.50. The summed E-state index contributed by atoms with van der Waals surface area (Å²) >= 11 is 5.87. The van der Waals surface area contributed by atoms with Crippen LogP contribution in [0.15, 0.2) is 18.2 Å². The molecule has 0 aliphatic rings. The van der Waals surface area contributed by atoms with Crippen molar-refractivity contribution in [2.45, 2.75) is 31.7 Å². The summed E-state index contributed by atoms with van der Waals surface area (Å²) < 4.78 is 9.81. The lowest BCUT2D eigenvalue weighted by molar-refractivity contribution is 0.0798. The lowest BCUT2D eigenvalue weighted by atomic mass is 9.85. The summed E-state index contributed by atoms with van der Waals surface area (Å²) in [5.74, 6) is 0.741. The van der Waals surface area contributed by atoms with Crippen LogP contribution in [-0.2, 0) is 10.2 Å². The second-order valence-electron chi connectivity index (χ2n) is 4.91. The zero-order valence-electron chi connectivity index (χ0n) is 10.9. The lowest BCUT2D eigenvalue weighted by Crippen LogP contribution is -2.14. The number of halogens is 1. The molecule has 0 aliphatic carbocycles. The van der Waals surface area contributed by atoms with Gasteiger partial charge >= 0.3 is 6.16 Å². The Kier molecular flexibility index (Phi) is 4.46. The van der Waals surface area contributed by atoms with Gasteiger partial charge in [0.05, 0.1) is 7.11 Å². The molecule has 0 fully saturated rings. The average Bonchev–Trinajstić information content (AvgIpc) is 2.26. The Labute approximate surface area is 111 Å². The van der Waals surface area contributed by atoms with Crippen molar-refractivity contribution < 1.29 is 19.4 Å². The van der Waals surface area contributed by atoms with E-state index in [9.17, 15) is 4.79 Å². The number of hydrogen-bond donors (Lipinski definition) is 1. The van der Waals surface area contributed by atoms with Crippen LogP contribution in [0.25, 0.3) is 0 Å². The fourth-order valence-electron chi connectivity index (χ4n) is 1.61. The Morgan fingerprint density at radius 2 is 2.00 bits per heavy atom. The molecule has 1 unspecified atom stereocenters. The molecule has 0 heterocycles. The molecule has 5 heteroatoms. The van der Waals surface area contributed by atoms with Gasteiger partial charge in [-0.3, -0.25) is 0 Å². The minimum atomic E-state index is -1.40. The smallest absolute Gasteiger partial charge is 0.496 e. The van der Waals surface area contributed by atoms with Gasteiger partial charge in [-0.05, 0) is 23.1 Å². The molecular formula is C13H17ClO4. The molecule has 1 N–H and O–H groups in total. The van der Waals surface area contributed by atoms with Gasteiger partial charge in [-0.1, -0.05) is 38.4 Å². The highest BCUT2D eigenvalue weighted by Crippen LogP contribution is 2.34. The van der Waals surface area contributed by atoms with Gasteiger partial charge in [0.15, 0.2) is 0 Å². The van der Waals surface area contributed by atoms with E-state index in [1.54, 1.807) is 25.3 Å². The molecule has 1 rings (SSSR count).